The quantitative estimate of drug-likeness (QED) is 0.338. The van der Waals surface area contributed by atoms with Gasteiger partial charge in [-0.25, -0.2) is 9.97 Å². The van der Waals surface area contributed by atoms with Crippen LogP contribution in [0.25, 0.3) is 32.9 Å². The van der Waals surface area contributed by atoms with Crippen LogP contribution in [-0.4, -0.2) is 63.4 Å². The summed E-state index contributed by atoms with van der Waals surface area (Å²) in [4.78, 5) is 15.3. The molecule has 0 bridgehead atoms. The van der Waals surface area contributed by atoms with E-state index in [9.17, 15) is 0 Å². The Bertz CT molecular complexity index is 1690. The number of ether oxygens (including phenoxy) is 2. The number of likely N-dealkylation sites (N-methyl/N-ethyl adjacent to an activating group) is 1. The third-order valence-corrected chi connectivity index (χ3v) is 5.70. The lowest BCUT2D eigenvalue weighted by Crippen LogP contribution is -2.28. The Labute approximate surface area is 215 Å². The number of benzene rings is 2. The largest absolute Gasteiger partial charge is 0.494 e. The van der Waals surface area contributed by atoms with Crippen LogP contribution in [0.15, 0.2) is 61.3 Å². The molecule has 9 heteroatoms. The van der Waals surface area contributed by atoms with Crippen LogP contribution < -0.4 is 14.8 Å². The lowest BCUT2D eigenvalue weighted by atomic mass is 10.1. The number of pyridine rings is 1. The molecule has 0 saturated heterocycles. The number of hydrogen-bond acceptors (Lipinski definition) is 8. The highest BCUT2D eigenvalue weighted by molar-refractivity contribution is 6.00. The summed E-state index contributed by atoms with van der Waals surface area (Å²) in [6, 6.07) is 10.7. The molecule has 0 unspecified atom stereocenters. The third-order valence-electron chi connectivity index (χ3n) is 5.70. The second kappa shape index (κ2) is 9.79. The number of anilines is 2. The average molecular weight is 488 g/mol. The van der Waals surface area contributed by atoms with E-state index in [-0.39, 0.29) is 18.0 Å². The molecule has 3 aromatic heterocycles. The van der Waals surface area contributed by atoms with E-state index in [1.54, 1.807) is 43.7 Å². The molecule has 0 fully saturated rings. The fourth-order valence-corrected chi connectivity index (χ4v) is 4.24. The van der Waals surface area contributed by atoms with E-state index in [0.29, 0.717) is 51.2 Å². The minimum absolute atomic E-state index is 0.131. The molecule has 0 aliphatic rings. The maximum absolute atomic E-state index is 8.42. The number of rotatable bonds is 8. The van der Waals surface area contributed by atoms with Crippen LogP contribution >= 0.6 is 0 Å². The predicted octanol–water partition coefficient (Wildman–Crippen LogP) is 4.66. The van der Waals surface area contributed by atoms with Gasteiger partial charge in [0, 0.05) is 36.9 Å². The summed E-state index contributed by atoms with van der Waals surface area (Å²) in [5, 5.41) is 8.61. The van der Waals surface area contributed by atoms with Crippen LogP contribution in [0.3, 0.4) is 0 Å². The Balaban J connectivity index is 1.67. The standard InChI is InChI=1S/C27H29N7O2/c1-17(14-33(2)3)36-24-12-18(19-13-31-34(4)15-19)11-23-25(24)27(30-16-29-23)32-22-9-8-21-20(26(22)35-5)7-6-10-28-21/h6-13,15-17H,14H2,1-5H3,(H,29,30,32)/t17-/m1/s1/i5D3,15D. The van der Waals surface area contributed by atoms with Crippen molar-refractivity contribution in [1.82, 2.24) is 29.6 Å². The van der Waals surface area contributed by atoms with E-state index < -0.39 is 7.04 Å². The minimum Gasteiger partial charge on any atom is -0.494 e. The normalized spacial score (nSPS) is 14.2. The van der Waals surface area contributed by atoms with Gasteiger partial charge in [0.05, 0.1) is 40.8 Å². The monoisotopic (exact) mass is 487 g/mol. The van der Waals surface area contributed by atoms with Crippen molar-refractivity contribution in [2.75, 3.05) is 33.0 Å². The Morgan fingerprint density at radius 2 is 2.03 bits per heavy atom. The number of methoxy groups -OCH3 is 1. The van der Waals surface area contributed by atoms with Gasteiger partial charge >= 0.3 is 0 Å². The van der Waals surface area contributed by atoms with Gasteiger partial charge in [0.1, 0.15) is 24.0 Å². The number of fused-ring (bicyclic) bond motifs is 2. The lowest BCUT2D eigenvalue weighted by Gasteiger charge is -2.21. The first-order chi connectivity index (χ1) is 19.0. The van der Waals surface area contributed by atoms with E-state index in [1.807, 2.05) is 38.1 Å². The Morgan fingerprint density at radius 3 is 2.81 bits per heavy atom. The highest BCUT2D eigenvalue weighted by Crippen LogP contribution is 2.39. The Kier molecular flexibility index (Phi) is 5.17. The van der Waals surface area contributed by atoms with Crippen LogP contribution in [-0.2, 0) is 7.05 Å². The Hall–Kier alpha value is -4.24. The topological polar surface area (TPSA) is 90.2 Å². The highest BCUT2D eigenvalue weighted by atomic mass is 16.5. The summed E-state index contributed by atoms with van der Waals surface area (Å²) < 4.78 is 45.0. The van der Waals surface area contributed by atoms with Gasteiger partial charge < -0.3 is 19.7 Å². The zero-order valence-electron chi connectivity index (χ0n) is 24.5. The fourth-order valence-electron chi connectivity index (χ4n) is 4.24. The van der Waals surface area contributed by atoms with E-state index >= 15 is 0 Å². The number of aryl methyl sites for hydroxylation is 1. The zero-order valence-corrected chi connectivity index (χ0v) is 20.5. The van der Waals surface area contributed by atoms with Crippen molar-refractivity contribution >= 4 is 33.3 Å². The van der Waals surface area contributed by atoms with Gasteiger partial charge in [0.15, 0.2) is 5.75 Å². The van der Waals surface area contributed by atoms with E-state index in [4.69, 9.17) is 15.0 Å². The molecular weight excluding hydrogens is 454 g/mol. The molecule has 5 aromatic rings. The minimum atomic E-state index is -2.68. The van der Waals surface area contributed by atoms with Crippen molar-refractivity contribution in [3.05, 3.63) is 61.3 Å². The van der Waals surface area contributed by atoms with Crippen LogP contribution in [0.2, 0.25) is 0 Å². The molecule has 2 aromatic carbocycles. The maximum Gasteiger partial charge on any atom is 0.151 e. The van der Waals surface area contributed by atoms with Crippen molar-refractivity contribution in [3.63, 3.8) is 0 Å². The molecule has 184 valence electrons. The molecule has 1 atom stereocenters. The number of nitrogens with one attached hydrogen (secondary N) is 1. The molecule has 0 amide bonds. The first-order valence-corrected chi connectivity index (χ1v) is 11.4. The predicted molar refractivity (Wildman–Crippen MR) is 142 cm³/mol. The van der Waals surface area contributed by atoms with Gasteiger partial charge in [-0.15, -0.1) is 0 Å². The van der Waals surface area contributed by atoms with Crippen molar-refractivity contribution in [2.24, 2.45) is 7.05 Å². The summed E-state index contributed by atoms with van der Waals surface area (Å²) in [7, 11) is 2.96. The summed E-state index contributed by atoms with van der Waals surface area (Å²) in [6.07, 6.45) is 4.76. The van der Waals surface area contributed by atoms with Crippen molar-refractivity contribution in [2.45, 2.75) is 13.0 Å². The molecule has 0 radical (unpaired) electrons. The first-order valence-electron chi connectivity index (χ1n) is 13.4. The van der Waals surface area contributed by atoms with Crippen molar-refractivity contribution in [3.8, 4) is 22.6 Å². The number of nitrogens with zero attached hydrogens (tertiary/aromatic N) is 6. The molecular formula is C27H29N7O2. The van der Waals surface area contributed by atoms with E-state index in [0.717, 1.165) is 5.56 Å². The van der Waals surface area contributed by atoms with Gasteiger partial charge in [-0.3, -0.25) is 9.67 Å². The van der Waals surface area contributed by atoms with Crippen LogP contribution in [0.5, 0.6) is 11.5 Å². The second-order valence-corrected chi connectivity index (χ2v) is 8.81. The second-order valence-electron chi connectivity index (χ2n) is 8.81. The third kappa shape index (κ3) is 4.65. The zero-order chi connectivity index (χ0) is 28.6. The van der Waals surface area contributed by atoms with Gasteiger partial charge in [-0.05, 0) is 63.0 Å². The summed E-state index contributed by atoms with van der Waals surface area (Å²) in [5.74, 6) is 1.04. The molecule has 0 spiro atoms. The molecule has 5 rings (SSSR count). The van der Waals surface area contributed by atoms with E-state index in [2.05, 4.69) is 25.4 Å². The summed E-state index contributed by atoms with van der Waals surface area (Å²) >= 11 is 0. The average Bonchev–Trinajstić information content (AvgIpc) is 3.22. The summed E-state index contributed by atoms with van der Waals surface area (Å²) in [5.41, 5.74) is 2.93. The maximum atomic E-state index is 8.42. The Morgan fingerprint density at radius 1 is 1.14 bits per heavy atom. The van der Waals surface area contributed by atoms with Crippen molar-refractivity contribution < 1.29 is 15.0 Å². The van der Waals surface area contributed by atoms with E-state index in [1.165, 1.54) is 11.0 Å². The lowest BCUT2D eigenvalue weighted by molar-refractivity contribution is 0.179. The molecule has 0 saturated carbocycles. The van der Waals surface area contributed by atoms with Crippen LogP contribution in [0.1, 0.15) is 12.4 Å². The molecule has 1 N–H and O–H groups in total. The van der Waals surface area contributed by atoms with Crippen molar-refractivity contribution in [1.29, 1.82) is 0 Å². The van der Waals surface area contributed by atoms with Crippen LogP contribution in [0.4, 0.5) is 11.5 Å². The molecule has 0 aliphatic carbocycles. The molecule has 36 heavy (non-hydrogen) atoms. The van der Waals surface area contributed by atoms with Crippen LogP contribution in [0, 0.1) is 0 Å². The van der Waals surface area contributed by atoms with Gasteiger partial charge in [-0.2, -0.15) is 5.10 Å². The van der Waals surface area contributed by atoms with Gasteiger partial charge in [0.25, 0.3) is 0 Å². The first kappa shape index (κ1) is 19.0. The SMILES string of the molecule is [2H]c1c(-c2cc(O[C@H](C)CN(C)C)c3c(Nc4ccc5ncccc5c4OC([2H])([2H])[2H])ncnc3c2)cnn1C. The van der Waals surface area contributed by atoms with Gasteiger partial charge in [-0.1, -0.05) is 0 Å². The summed E-state index contributed by atoms with van der Waals surface area (Å²) in [6.45, 7) is 2.63. The molecule has 0 aliphatic heterocycles. The molecule has 3 heterocycles. The highest BCUT2D eigenvalue weighted by Gasteiger charge is 2.18. The fraction of sp³-hybridized carbons (Fsp3) is 0.259. The number of hydrogen-bond donors (Lipinski definition) is 1. The smallest absolute Gasteiger partial charge is 0.151 e. The molecule has 9 nitrogen and oxygen atoms in total. The van der Waals surface area contributed by atoms with Gasteiger partial charge in [0.2, 0.25) is 0 Å². The number of aromatic nitrogens is 5.